The summed E-state index contributed by atoms with van der Waals surface area (Å²) in [6.07, 6.45) is 3.13. The summed E-state index contributed by atoms with van der Waals surface area (Å²) in [7, 11) is 0. The molecule has 0 fully saturated rings. The van der Waals surface area contributed by atoms with E-state index in [0.29, 0.717) is 31.4 Å². The zero-order valence-electron chi connectivity index (χ0n) is 16.1. The first-order valence-electron chi connectivity index (χ1n) is 9.73. The first-order chi connectivity index (χ1) is 14.2. The smallest absolute Gasteiger partial charge is 0.373 e. The number of hydrogen-bond acceptors (Lipinski definition) is 5. The molecule has 0 radical (unpaired) electrons. The van der Waals surface area contributed by atoms with Crippen LogP contribution in [-0.4, -0.2) is 30.6 Å². The van der Waals surface area contributed by atoms with E-state index in [2.05, 4.69) is 0 Å². The van der Waals surface area contributed by atoms with Crippen molar-refractivity contribution in [2.45, 2.75) is 38.1 Å². The van der Waals surface area contributed by atoms with Crippen molar-refractivity contribution in [3.05, 3.63) is 83.4 Å². The molecule has 2 atom stereocenters. The van der Waals surface area contributed by atoms with Crippen molar-refractivity contribution >= 4 is 5.97 Å². The molecule has 0 saturated carbocycles. The maximum atomic E-state index is 13.0. The van der Waals surface area contributed by atoms with Gasteiger partial charge in [-0.1, -0.05) is 42.5 Å². The number of aliphatic hydroxyl groups excluding tert-OH is 1. The second-order valence-electron chi connectivity index (χ2n) is 6.84. The van der Waals surface area contributed by atoms with E-state index in [1.54, 1.807) is 18.2 Å². The second-order valence-corrected chi connectivity index (χ2v) is 6.84. The standard InChI is InChI=1S/C23H25FO5/c24-20-10-8-17(9-11-20)16-28-23(26)21-14-19(18-6-2-1-3-7-18)15-22(29-21)27-13-5-4-12-25/h1-3,6-11,14,19,22,25H,4-5,12-13,15-16H2/t19-,22+/m1/s1. The molecule has 0 amide bonds. The molecule has 2 aromatic carbocycles. The van der Waals surface area contributed by atoms with Crippen LogP contribution in [-0.2, 0) is 25.6 Å². The lowest BCUT2D eigenvalue weighted by Crippen LogP contribution is -2.28. The average Bonchev–Trinajstić information content (AvgIpc) is 2.76. The van der Waals surface area contributed by atoms with Crippen molar-refractivity contribution in [1.82, 2.24) is 0 Å². The summed E-state index contributed by atoms with van der Waals surface area (Å²) in [5, 5.41) is 8.90. The minimum atomic E-state index is -0.584. The van der Waals surface area contributed by atoms with E-state index in [4.69, 9.17) is 19.3 Å². The number of benzene rings is 2. The number of rotatable bonds is 9. The Bertz CT molecular complexity index is 804. The number of halogens is 1. The van der Waals surface area contributed by atoms with Crippen LogP contribution in [0.3, 0.4) is 0 Å². The maximum Gasteiger partial charge on any atom is 0.373 e. The third kappa shape index (κ3) is 6.41. The van der Waals surface area contributed by atoms with Crippen LogP contribution in [0.25, 0.3) is 0 Å². The van der Waals surface area contributed by atoms with Crippen LogP contribution in [0.2, 0.25) is 0 Å². The fraction of sp³-hybridized carbons (Fsp3) is 0.348. The van der Waals surface area contributed by atoms with E-state index >= 15 is 0 Å². The monoisotopic (exact) mass is 400 g/mol. The van der Waals surface area contributed by atoms with Crippen LogP contribution >= 0.6 is 0 Å². The van der Waals surface area contributed by atoms with Crippen LogP contribution in [0.4, 0.5) is 4.39 Å². The summed E-state index contributed by atoms with van der Waals surface area (Å²) in [6.45, 7) is 0.574. The lowest BCUT2D eigenvalue weighted by molar-refractivity contribution is -0.162. The van der Waals surface area contributed by atoms with Crippen LogP contribution in [0.5, 0.6) is 0 Å². The van der Waals surface area contributed by atoms with Gasteiger partial charge in [0.1, 0.15) is 12.4 Å². The summed E-state index contributed by atoms with van der Waals surface area (Å²) in [5.74, 6) is -0.857. The van der Waals surface area contributed by atoms with Gasteiger partial charge in [-0.2, -0.15) is 0 Å². The molecular formula is C23H25FO5. The Morgan fingerprint density at radius 3 is 2.59 bits per heavy atom. The molecule has 1 N–H and O–H groups in total. The predicted octanol–water partition coefficient (Wildman–Crippen LogP) is 4.07. The Labute approximate surface area is 169 Å². The Morgan fingerprint density at radius 2 is 1.86 bits per heavy atom. The zero-order valence-corrected chi connectivity index (χ0v) is 16.1. The maximum absolute atomic E-state index is 13.0. The molecule has 0 aliphatic carbocycles. The summed E-state index contributed by atoms with van der Waals surface area (Å²) >= 11 is 0. The van der Waals surface area contributed by atoms with E-state index in [1.165, 1.54) is 12.1 Å². The average molecular weight is 400 g/mol. The number of allylic oxidation sites excluding steroid dienone is 1. The highest BCUT2D eigenvalue weighted by atomic mass is 19.1. The SMILES string of the molecule is O=C(OCc1ccc(F)cc1)C1=C[C@@H](c2ccccc2)C[C@@H](OCCCCO)O1. The van der Waals surface area contributed by atoms with Gasteiger partial charge in [0.05, 0.1) is 6.61 Å². The quantitative estimate of drug-likeness (QED) is 0.508. The lowest BCUT2D eigenvalue weighted by atomic mass is 9.93. The van der Waals surface area contributed by atoms with Crippen LogP contribution in [0.15, 0.2) is 66.4 Å². The Hall–Kier alpha value is -2.70. The van der Waals surface area contributed by atoms with Gasteiger partial charge in [0.25, 0.3) is 0 Å². The molecule has 3 rings (SSSR count). The van der Waals surface area contributed by atoms with E-state index in [0.717, 1.165) is 5.56 Å². The molecule has 0 saturated heterocycles. The predicted molar refractivity (Wildman–Crippen MR) is 105 cm³/mol. The minimum absolute atomic E-state index is 0.0256. The summed E-state index contributed by atoms with van der Waals surface area (Å²) < 4.78 is 29.8. The van der Waals surface area contributed by atoms with Gasteiger partial charge in [0.2, 0.25) is 12.0 Å². The van der Waals surface area contributed by atoms with Crippen molar-refractivity contribution in [2.24, 2.45) is 0 Å². The number of esters is 1. The van der Waals surface area contributed by atoms with Gasteiger partial charge in [-0.15, -0.1) is 0 Å². The highest BCUT2D eigenvalue weighted by Crippen LogP contribution is 2.32. The van der Waals surface area contributed by atoms with Gasteiger partial charge < -0.3 is 19.3 Å². The van der Waals surface area contributed by atoms with E-state index in [-0.39, 0.29) is 30.7 Å². The number of hydrogen-bond donors (Lipinski definition) is 1. The van der Waals surface area contributed by atoms with E-state index < -0.39 is 12.3 Å². The highest BCUT2D eigenvalue weighted by Gasteiger charge is 2.29. The van der Waals surface area contributed by atoms with Crippen LogP contribution < -0.4 is 0 Å². The topological polar surface area (TPSA) is 65.0 Å². The van der Waals surface area contributed by atoms with Crippen molar-refractivity contribution in [2.75, 3.05) is 13.2 Å². The third-order valence-corrected chi connectivity index (χ3v) is 4.63. The molecule has 6 heteroatoms. The van der Waals surface area contributed by atoms with Crippen molar-refractivity contribution < 1.29 is 28.5 Å². The first kappa shape index (κ1) is 21.0. The summed E-state index contributed by atoms with van der Waals surface area (Å²) in [6, 6.07) is 15.6. The van der Waals surface area contributed by atoms with Crippen molar-refractivity contribution in [3.8, 4) is 0 Å². The number of unbranched alkanes of at least 4 members (excludes halogenated alkanes) is 1. The van der Waals surface area contributed by atoms with Crippen LogP contribution in [0.1, 0.15) is 36.3 Å². The molecular weight excluding hydrogens is 375 g/mol. The molecule has 0 aromatic heterocycles. The van der Waals surface area contributed by atoms with Gasteiger partial charge in [-0.3, -0.25) is 0 Å². The lowest BCUT2D eigenvalue weighted by Gasteiger charge is -2.29. The molecule has 5 nitrogen and oxygen atoms in total. The minimum Gasteiger partial charge on any atom is -0.458 e. The summed E-state index contributed by atoms with van der Waals surface area (Å²) in [4.78, 5) is 12.6. The zero-order chi connectivity index (χ0) is 20.5. The number of aliphatic hydroxyl groups is 1. The molecule has 1 aliphatic rings. The Morgan fingerprint density at radius 1 is 1.10 bits per heavy atom. The molecule has 0 bridgehead atoms. The summed E-state index contributed by atoms with van der Waals surface area (Å²) in [5.41, 5.74) is 1.75. The van der Waals surface area contributed by atoms with Crippen LogP contribution in [0, 0.1) is 5.82 Å². The first-order valence-corrected chi connectivity index (χ1v) is 9.73. The molecule has 2 aromatic rings. The highest BCUT2D eigenvalue weighted by molar-refractivity contribution is 5.86. The van der Waals surface area contributed by atoms with Crippen molar-refractivity contribution in [1.29, 1.82) is 0 Å². The molecule has 0 spiro atoms. The van der Waals surface area contributed by atoms with Crippen molar-refractivity contribution in [3.63, 3.8) is 0 Å². The Kier molecular flexibility index (Phi) is 7.78. The van der Waals surface area contributed by atoms with Gasteiger partial charge in [-0.05, 0) is 42.2 Å². The molecule has 154 valence electrons. The number of carbonyl (C=O) groups excluding carboxylic acids is 1. The Balaban J connectivity index is 1.66. The fourth-order valence-corrected chi connectivity index (χ4v) is 3.07. The second kappa shape index (κ2) is 10.7. The molecule has 0 unspecified atom stereocenters. The molecule has 1 heterocycles. The largest absolute Gasteiger partial charge is 0.458 e. The normalized spacial score (nSPS) is 18.6. The van der Waals surface area contributed by atoms with Gasteiger partial charge in [-0.25, -0.2) is 9.18 Å². The molecule has 1 aliphatic heterocycles. The number of carbonyl (C=O) groups is 1. The van der Waals surface area contributed by atoms with E-state index in [1.807, 2.05) is 30.3 Å². The number of ether oxygens (including phenoxy) is 3. The van der Waals surface area contributed by atoms with Gasteiger partial charge in [0, 0.05) is 18.9 Å². The molecule has 29 heavy (non-hydrogen) atoms. The van der Waals surface area contributed by atoms with Gasteiger partial charge >= 0.3 is 5.97 Å². The third-order valence-electron chi connectivity index (χ3n) is 4.63. The fourth-order valence-electron chi connectivity index (χ4n) is 3.07. The van der Waals surface area contributed by atoms with E-state index in [9.17, 15) is 9.18 Å². The van der Waals surface area contributed by atoms with Gasteiger partial charge in [0.15, 0.2) is 0 Å².